The van der Waals surface area contributed by atoms with Crippen LogP contribution in [0.15, 0.2) is 72.1 Å². The summed E-state index contributed by atoms with van der Waals surface area (Å²) in [6, 6.07) is 16.6. The molecule has 1 aliphatic rings. The van der Waals surface area contributed by atoms with E-state index in [9.17, 15) is 4.79 Å². The Hall–Kier alpha value is -4.18. The summed E-state index contributed by atoms with van der Waals surface area (Å²) in [6.07, 6.45) is 3.93. The van der Waals surface area contributed by atoms with Crippen LogP contribution in [-0.2, 0) is 15.1 Å². The van der Waals surface area contributed by atoms with Crippen LogP contribution in [0.5, 0.6) is 17.2 Å². The number of ether oxygens (including phenoxy) is 4. The van der Waals surface area contributed by atoms with Crippen molar-refractivity contribution in [1.82, 2.24) is 10.4 Å². The van der Waals surface area contributed by atoms with Gasteiger partial charge in [0.15, 0.2) is 11.7 Å². The van der Waals surface area contributed by atoms with E-state index < -0.39 is 11.6 Å². The lowest BCUT2D eigenvalue weighted by molar-refractivity contribution is -0.145. The van der Waals surface area contributed by atoms with Crippen molar-refractivity contribution in [2.45, 2.75) is 25.9 Å². The largest absolute Gasteiger partial charge is 0.497 e. The molecule has 0 saturated heterocycles. The summed E-state index contributed by atoms with van der Waals surface area (Å²) in [4.78, 5) is 16.0. The first-order valence-electron chi connectivity index (χ1n) is 11.7. The molecule has 0 fully saturated rings. The number of carbonyl (C=O) groups is 1. The van der Waals surface area contributed by atoms with Gasteiger partial charge in [0.25, 0.3) is 0 Å². The Morgan fingerprint density at radius 2 is 2.05 bits per heavy atom. The fraction of sp³-hybridized carbons (Fsp3) is 0.259. The minimum absolute atomic E-state index is 0.194. The van der Waals surface area contributed by atoms with Crippen molar-refractivity contribution < 1.29 is 23.7 Å². The summed E-state index contributed by atoms with van der Waals surface area (Å²) < 4.78 is 22.3. The lowest BCUT2D eigenvalue weighted by Gasteiger charge is -2.36. The first-order chi connectivity index (χ1) is 17.9. The minimum Gasteiger partial charge on any atom is -0.497 e. The number of hydrazone groups is 1. The molecule has 192 valence electrons. The van der Waals surface area contributed by atoms with Crippen molar-refractivity contribution >= 4 is 34.7 Å². The average Bonchev–Trinajstić information content (AvgIpc) is 2.91. The van der Waals surface area contributed by atoms with Gasteiger partial charge in [-0.3, -0.25) is 10.4 Å². The summed E-state index contributed by atoms with van der Waals surface area (Å²) in [5, 5.41) is 8.05. The highest BCUT2D eigenvalue weighted by atomic mass is 32.1. The third-order valence-corrected chi connectivity index (χ3v) is 5.85. The van der Waals surface area contributed by atoms with Crippen molar-refractivity contribution in [2.24, 2.45) is 5.10 Å². The van der Waals surface area contributed by atoms with E-state index in [0.717, 1.165) is 16.8 Å². The molecule has 9 nitrogen and oxygen atoms in total. The zero-order chi connectivity index (χ0) is 26.3. The van der Waals surface area contributed by atoms with Crippen molar-refractivity contribution in [1.29, 1.82) is 0 Å². The van der Waals surface area contributed by atoms with Crippen LogP contribution in [0.1, 0.15) is 31.4 Å². The van der Waals surface area contributed by atoms with Crippen LogP contribution in [0.3, 0.4) is 0 Å². The normalized spacial score (nSPS) is 17.2. The first-order valence-corrected chi connectivity index (χ1v) is 12.1. The maximum atomic E-state index is 11.7. The number of anilines is 1. The smallest absolute Gasteiger partial charge is 0.344 e. The van der Waals surface area contributed by atoms with E-state index in [1.807, 2.05) is 43.3 Å². The molecule has 1 aromatic heterocycles. The Bertz CT molecular complexity index is 1300. The van der Waals surface area contributed by atoms with E-state index in [1.165, 1.54) is 0 Å². The van der Waals surface area contributed by atoms with Gasteiger partial charge < -0.3 is 24.3 Å². The molecular formula is C27H28N4O5S. The zero-order valence-electron chi connectivity index (χ0n) is 20.8. The molecule has 1 atom stereocenters. The molecule has 0 amide bonds. The summed E-state index contributed by atoms with van der Waals surface area (Å²) in [6.45, 7) is 3.83. The second-order valence-corrected chi connectivity index (χ2v) is 8.77. The second kappa shape index (κ2) is 11.7. The van der Waals surface area contributed by atoms with Crippen LogP contribution in [0.4, 0.5) is 5.69 Å². The number of hydrogen-bond donors (Lipinski definition) is 2. The highest BCUT2D eigenvalue weighted by Gasteiger charge is 2.37. The molecule has 10 heteroatoms. The molecule has 2 aromatic carbocycles. The molecule has 0 bridgehead atoms. The maximum Gasteiger partial charge on any atom is 0.344 e. The Balaban J connectivity index is 1.59. The van der Waals surface area contributed by atoms with Crippen molar-refractivity contribution in [2.75, 3.05) is 25.6 Å². The molecule has 0 radical (unpaired) electrons. The van der Waals surface area contributed by atoms with E-state index in [2.05, 4.69) is 20.8 Å². The third-order valence-electron chi connectivity index (χ3n) is 5.66. The Labute approximate surface area is 220 Å². The number of nitrogens with one attached hydrogen (secondary N) is 2. The molecule has 1 aliphatic heterocycles. The number of pyridine rings is 1. The minimum atomic E-state index is -0.711. The molecule has 0 spiro atoms. The van der Waals surface area contributed by atoms with Crippen LogP contribution in [-0.4, -0.2) is 42.1 Å². The van der Waals surface area contributed by atoms with Crippen LogP contribution < -0.4 is 25.0 Å². The Morgan fingerprint density at radius 3 is 2.81 bits per heavy atom. The van der Waals surface area contributed by atoms with Crippen LogP contribution >= 0.6 is 12.2 Å². The number of methoxy groups -OCH3 is 1. The van der Waals surface area contributed by atoms with Gasteiger partial charge in [0.05, 0.1) is 19.4 Å². The maximum absolute atomic E-state index is 11.7. The number of fused-ring (bicyclic) bond motifs is 1. The van der Waals surface area contributed by atoms with E-state index in [-0.39, 0.29) is 6.61 Å². The summed E-state index contributed by atoms with van der Waals surface area (Å²) >= 11 is 5.47. The molecule has 37 heavy (non-hydrogen) atoms. The van der Waals surface area contributed by atoms with Crippen LogP contribution in [0.2, 0.25) is 0 Å². The zero-order valence-corrected chi connectivity index (χ0v) is 21.6. The van der Waals surface area contributed by atoms with Gasteiger partial charge in [-0.25, -0.2) is 4.79 Å². The molecule has 2 heterocycles. The van der Waals surface area contributed by atoms with Crippen LogP contribution in [0.25, 0.3) is 0 Å². The molecule has 2 N–H and O–H groups in total. The fourth-order valence-electron chi connectivity index (χ4n) is 3.87. The summed E-state index contributed by atoms with van der Waals surface area (Å²) in [7, 11) is 1.61. The number of benzene rings is 2. The van der Waals surface area contributed by atoms with Crippen LogP contribution in [0, 0.1) is 0 Å². The molecular weight excluding hydrogens is 492 g/mol. The quantitative estimate of drug-likeness (QED) is 0.254. The van der Waals surface area contributed by atoms with Gasteiger partial charge >= 0.3 is 5.97 Å². The average molecular weight is 521 g/mol. The van der Waals surface area contributed by atoms with E-state index in [0.29, 0.717) is 41.1 Å². The topological polar surface area (TPSA) is 103 Å². The SMILES string of the molecule is CCOC(=O)COc1ccc2c(c1)/C(=N/NC(=S)Nc1cccc(OC)c1)CC(C)(c1cccnc1)O2. The number of hydrogen-bond acceptors (Lipinski definition) is 8. The monoisotopic (exact) mass is 520 g/mol. The van der Waals surface area contributed by atoms with Gasteiger partial charge in [0.1, 0.15) is 22.8 Å². The predicted octanol–water partition coefficient (Wildman–Crippen LogP) is 4.42. The number of nitrogens with zero attached hydrogens (tertiary/aromatic N) is 2. The predicted molar refractivity (Wildman–Crippen MR) is 144 cm³/mol. The van der Waals surface area contributed by atoms with E-state index in [4.69, 9.17) is 31.2 Å². The molecule has 0 saturated carbocycles. The second-order valence-electron chi connectivity index (χ2n) is 8.36. The van der Waals surface area contributed by atoms with Gasteiger partial charge in [-0.2, -0.15) is 5.10 Å². The number of thiocarbonyl (C=S) groups is 1. The van der Waals surface area contributed by atoms with Crippen molar-refractivity contribution in [3.63, 3.8) is 0 Å². The summed E-state index contributed by atoms with van der Waals surface area (Å²) in [5.74, 6) is 1.38. The number of rotatable bonds is 8. The van der Waals surface area contributed by atoms with Crippen molar-refractivity contribution in [3.8, 4) is 17.2 Å². The molecule has 1 unspecified atom stereocenters. The van der Waals surface area contributed by atoms with Gasteiger partial charge in [0, 0.05) is 41.7 Å². The lowest BCUT2D eigenvalue weighted by Crippen LogP contribution is -2.38. The van der Waals surface area contributed by atoms with Crippen molar-refractivity contribution in [3.05, 3.63) is 78.1 Å². The third kappa shape index (κ3) is 6.53. The van der Waals surface area contributed by atoms with E-state index >= 15 is 0 Å². The van der Waals surface area contributed by atoms with Gasteiger partial charge in [-0.05, 0) is 62.5 Å². The Morgan fingerprint density at radius 1 is 1.19 bits per heavy atom. The molecule has 3 aromatic rings. The Kier molecular flexibility index (Phi) is 8.19. The van der Waals surface area contributed by atoms with Gasteiger partial charge in [0.2, 0.25) is 0 Å². The number of esters is 1. The van der Waals surface area contributed by atoms with Gasteiger partial charge in [-0.15, -0.1) is 0 Å². The molecule has 4 rings (SSSR count). The van der Waals surface area contributed by atoms with Gasteiger partial charge in [-0.1, -0.05) is 12.1 Å². The standard InChI is InChI=1S/C27H28N4O5S/c1-4-34-25(32)17-35-21-10-11-24-22(14-21)23(15-27(2,36-24)18-7-6-12-28-16-18)30-31-26(37)29-19-8-5-9-20(13-19)33-3/h5-14,16H,4,15,17H2,1-3H3,(H2,29,31,37)/b30-23+. The summed E-state index contributed by atoms with van der Waals surface area (Å²) in [5.41, 5.74) is 5.32. The number of aromatic nitrogens is 1. The highest BCUT2D eigenvalue weighted by molar-refractivity contribution is 7.80. The molecule has 0 aliphatic carbocycles. The van der Waals surface area contributed by atoms with E-state index in [1.54, 1.807) is 44.6 Å². The number of carbonyl (C=O) groups excluding carboxylic acids is 1. The fourth-order valence-corrected chi connectivity index (χ4v) is 4.03. The first kappa shape index (κ1) is 25.9. The highest BCUT2D eigenvalue weighted by Crippen LogP contribution is 2.40. The lowest BCUT2D eigenvalue weighted by atomic mass is 9.86.